The van der Waals surface area contributed by atoms with Crippen LogP contribution in [0.1, 0.15) is 23.7 Å². The summed E-state index contributed by atoms with van der Waals surface area (Å²) in [4.78, 5) is 0. The minimum Gasteiger partial charge on any atom is -0.206 e. The highest BCUT2D eigenvalue weighted by atomic mass is 19.3. The van der Waals surface area contributed by atoms with Crippen molar-refractivity contribution in [2.24, 2.45) is 0 Å². The maximum absolute atomic E-state index is 13.3. The summed E-state index contributed by atoms with van der Waals surface area (Å²) < 4.78 is 39.6. The molecule has 0 bridgehead atoms. The lowest BCUT2D eigenvalue weighted by atomic mass is 10.0. The van der Waals surface area contributed by atoms with Gasteiger partial charge in [-0.3, -0.25) is 0 Å². The Labute approximate surface area is 102 Å². The molecule has 0 atom stereocenters. The van der Waals surface area contributed by atoms with Gasteiger partial charge in [0.2, 0.25) is 0 Å². The van der Waals surface area contributed by atoms with E-state index in [9.17, 15) is 13.2 Å². The maximum Gasteiger partial charge on any atom is 0.273 e. The lowest BCUT2D eigenvalue weighted by Gasteiger charge is -2.13. The van der Waals surface area contributed by atoms with E-state index < -0.39 is 17.3 Å². The summed E-state index contributed by atoms with van der Waals surface area (Å²) >= 11 is 0. The minimum absolute atomic E-state index is 0.344. The molecule has 0 fully saturated rings. The van der Waals surface area contributed by atoms with E-state index in [1.165, 1.54) is 18.3 Å². The molecular weight excluding hydrogens is 241 g/mol. The van der Waals surface area contributed by atoms with Gasteiger partial charge in [-0.25, -0.2) is 13.2 Å². The molecule has 94 valence electrons. The van der Waals surface area contributed by atoms with E-state index in [1.54, 1.807) is 12.1 Å². The number of nitrogens with zero attached hydrogens (tertiary/aromatic N) is 2. The molecule has 1 heterocycles. The Morgan fingerprint density at radius 1 is 1.22 bits per heavy atom. The molecule has 1 aromatic heterocycles. The van der Waals surface area contributed by atoms with Crippen molar-refractivity contribution in [2.75, 3.05) is 0 Å². The predicted octanol–water partition coefficient (Wildman–Crippen LogP) is 3.32. The molecule has 0 spiro atoms. The van der Waals surface area contributed by atoms with Crippen LogP contribution in [0.2, 0.25) is 0 Å². The van der Waals surface area contributed by atoms with Gasteiger partial charge in [0.05, 0.1) is 11.3 Å². The summed E-state index contributed by atoms with van der Waals surface area (Å²) in [7, 11) is 0. The molecular formula is C13H11F3N2. The van der Waals surface area contributed by atoms with Crippen LogP contribution < -0.4 is 0 Å². The van der Waals surface area contributed by atoms with Gasteiger partial charge in [0.15, 0.2) is 0 Å². The van der Waals surface area contributed by atoms with E-state index in [4.69, 9.17) is 0 Å². The standard InChI is InChI=1S/C13H11F3N2/c1-13(15,16)11-8-9(4-5-12(11)14)7-10-3-2-6-17-18-10/h2-6,8H,7H2,1H3. The molecule has 0 amide bonds. The van der Waals surface area contributed by atoms with Crippen LogP contribution in [0.4, 0.5) is 13.2 Å². The Balaban J connectivity index is 2.31. The highest BCUT2D eigenvalue weighted by Crippen LogP contribution is 2.30. The van der Waals surface area contributed by atoms with Gasteiger partial charge in [-0.1, -0.05) is 6.07 Å². The molecule has 18 heavy (non-hydrogen) atoms. The van der Waals surface area contributed by atoms with Gasteiger partial charge in [-0.05, 0) is 29.8 Å². The molecule has 0 radical (unpaired) electrons. The first kappa shape index (κ1) is 12.5. The first-order valence-electron chi connectivity index (χ1n) is 5.40. The SMILES string of the molecule is CC(F)(F)c1cc(Cc2cccnn2)ccc1F. The third-order valence-corrected chi connectivity index (χ3v) is 2.52. The van der Waals surface area contributed by atoms with E-state index in [1.807, 2.05) is 0 Å². The third kappa shape index (κ3) is 2.85. The highest BCUT2D eigenvalue weighted by Gasteiger charge is 2.28. The number of rotatable bonds is 3. The number of halogens is 3. The average Bonchev–Trinajstić information content (AvgIpc) is 2.31. The van der Waals surface area contributed by atoms with Gasteiger partial charge < -0.3 is 0 Å². The first-order chi connectivity index (χ1) is 8.47. The summed E-state index contributed by atoms with van der Waals surface area (Å²) in [5.74, 6) is -4.09. The zero-order valence-corrected chi connectivity index (χ0v) is 9.70. The summed E-state index contributed by atoms with van der Waals surface area (Å²) in [5, 5.41) is 7.55. The fourth-order valence-electron chi connectivity index (χ4n) is 1.66. The van der Waals surface area contributed by atoms with Crippen molar-refractivity contribution < 1.29 is 13.2 Å². The van der Waals surface area contributed by atoms with Gasteiger partial charge in [0, 0.05) is 19.5 Å². The molecule has 2 rings (SSSR count). The van der Waals surface area contributed by atoms with Crippen molar-refractivity contribution in [3.63, 3.8) is 0 Å². The van der Waals surface area contributed by atoms with Crippen LogP contribution in [-0.4, -0.2) is 10.2 Å². The molecule has 0 N–H and O–H groups in total. The minimum atomic E-state index is -3.19. The molecule has 0 aliphatic rings. The van der Waals surface area contributed by atoms with Gasteiger partial charge >= 0.3 is 0 Å². The van der Waals surface area contributed by atoms with Crippen molar-refractivity contribution >= 4 is 0 Å². The first-order valence-corrected chi connectivity index (χ1v) is 5.40. The van der Waals surface area contributed by atoms with Crippen LogP contribution in [0.3, 0.4) is 0 Å². The normalized spacial score (nSPS) is 11.6. The highest BCUT2D eigenvalue weighted by molar-refractivity contribution is 5.30. The van der Waals surface area contributed by atoms with E-state index in [0.29, 0.717) is 24.6 Å². The van der Waals surface area contributed by atoms with Crippen LogP contribution in [0.15, 0.2) is 36.5 Å². The van der Waals surface area contributed by atoms with E-state index in [0.717, 1.165) is 6.07 Å². The molecule has 2 nitrogen and oxygen atoms in total. The molecule has 2 aromatic rings. The predicted molar refractivity (Wildman–Crippen MR) is 60.8 cm³/mol. The number of hydrogen-bond acceptors (Lipinski definition) is 2. The second-order valence-corrected chi connectivity index (χ2v) is 4.09. The zero-order chi connectivity index (χ0) is 13.2. The average molecular weight is 252 g/mol. The van der Waals surface area contributed by atoms with E-state index >= 15 is 0 Å². The zero-order valence-electron chi connectivity index (χ0n) is 9.70. The van der Waals surface area contributed by atoms with Crippen molar-refractivity contribution in [3.8, 4) is 0 Å². The second kappa shape index (κ2) is 4.76. The number of benzene rings is 1. The Bertz CT molecular complexity index is 536. The largest absolute Gasteiger partial charge is 0.273 e. The lowest BCUT2D eigenvalue weighted by molar-refractivity contribution is 0.0137. The van der Waals surface area contributed by atoms with Crippen molar-refractivity contribution in [1.82, 2.24) is 10.2 Å². The fourth-order valence-corrected chi connectivity index (χ4v) is 1.66. The smallest absolute Gasteiger partial charge is 0.206 e. The quantitative estimate of drug-likeness (QED) is 0.837. The monoisotopic (exact) mass is 252 g/mol. The van der Waals surface area contributed by atoms with Crippen molar-refractivity contribution in [2.45, 2.75) is 19.3 Å². The van der Waals surface area contributed by atoms with E-state index in [-0.39, 0.29) is 0 Å². The Hall–Kier alpha value is -1.91. The summed E-state index contributed by atoms with van der Waals surface area (Å²) in [6.07, 6.45) is 1.87. The van der Waals surface area contributed by atoms with Crippen LogP contribution in [-0.2, 0) is 12.3 Å². The number of alkyl halides is 2. The fraction of sp³-hybridized carbons (Fsp3) is 0.231. The molecule has 0 aliphatic heterocycles. The van der Waals surface area contributed by atoms with Crippen LogP contribution in [0.5, 0.6) is 0 Å². The number of aromatic nitrogens is 2. The Morgan fingerprint density at radius 2 is 2.00 bits per heavy atom. The van der Waals surface area contributed by atoms with Gasteiger partial charge in [-0.2, -0.15) is 10.2 Å². The van der Waals surface area contributed by atoms with Crippen molar-refractivity contribution in [3.05, 3.63) is 59.2 Å². The third-order valence-electron chi connectivity index (χ3n) is 2.52. The van der Waals surface area contributed by atoms with Crippen molar-refractivity contribution in [1.29, 1.82) is 0 Å². The maximum atomic E-state index is 13.3. The second-order valence-electron chi connectivity index (χ2n) is 4.09. The van der Waals surface area contributed by atoms with Gasteiger partial charge in [-0.15, -0.1) is 0 Å². The molecule has 1 aromatic carbocycles. The molecule has 0 aliphatic carbocycles. The Kier molecular flexibility index (Phi) is 3.32. The molecule has 0 saturated carbocycles. The molecule has 5 heteroatoms. The van der Waals surface area contributed by atoms with Crippen LogP contribution in [0.25, 0.3) is 0 Å². The van der Waals surface area contributed by atoms with Gasteiger partial charge in [0.1, 0.15) is 5.82 Å². The van der Waals surface area contributed by atoms with Crippen LogP contribution >= 0.6 is 0 Å². The molecule has 0 saturated heterocycles. The Morgan fingerprint density at radius 3 is 2.61 bits per heavy atom. The molecule has 0 unspecified atom stereocenters. The topological polar surface area (TPSA) is 25.8 Å². The lowest BCUT2D eigenvalue weighted by Crippen LogP contribution is -2.10. The van der Waals surface area contributed by atoms with Gasteiger partial charge in [0.25, 0.3) is 5.92 Å². The van der Waals surface area contributed by atoms with Crippen LogP contribution in [0, 0.1) is 5.82 Å². The van der Waals surface area contributed by atoms with E-state index in [2.05, 4.69) is 10.2 Å². The summed E-state index contributed by atoms with van der Waals surface area (Å²) in [6.45, 7) is 0.678. The summed E-state index contributed by atoms with van der Waals surface area (Å²) in [5.41, 5.74) is 0.631. The summed E-state index contributed by atoms with van der Waals surface area (Å²) in [6, 6.07) is 7.14. The number of hydrogen-bond donors (Lipinski definition) is 0.